The van der Waals surface area contributed by atoms with E-state index in [1.807, 2.05) is 54.6 Å². The molecule has 0 saturated heterocycles. The summed E-state index contributed by atoms with van der Waals surface area (Å²) in [7, 11) is 0. The molecule has 2 aromatic rings. The highest BCUT2D eigenvalue weighted by molar-refractivity contribution is 5.90. The van der Waals surface area contributed by atoms with Crippen LogP contribution in [0, 0.1) is 0 Å². The Morgan fingerprint density at radius 2 is 1.59 bits per heavy atom. The van der Waals surface area contributed by atoms with E-state index in [1.165, 1.54) is 6.92 Å². The summed E-state index contributed by atoms with van der Waals surface area (Å²) in [5, 5.41) is 2.45. The van der Waals surface area contributed by atoms with Gasteiger partial charge < -0.3 is 25.3 Å². The predicted molar refractivity (Wildman–Crippen MR) is 119 cm³/mol. The van der Waals surface area contributed by atoms with Crippen LogP contribution in [0.2, 0.25) is 0 Å². The Hall–Kier alpha value is -3.39. The van der Waals surface area contributed by atoms with Crippen molar-refractivity contribution in [1.82, 2.24) is 5.32 Å². The molecule has 32 heavy (non-hydrogen) atoms. The number of carbonyl (C=O) groups excluding carboxylic acids is 3. The Labute approximate surface area is 188 Å². The third kappa shape index (κ3) is 8.77. The van der Waals surface area contributed by atoms with E-state index >= 15 is 0 Å². The SMILES string of the molecule is C[C@@H](NC(=O)[C@@H](N)Cc1ccc(OCc2ccccc2)cc1)C(=O)OC(=O)OC(C)(C)C. The number of benzene rings is 2. The lowest BCUT2D eigenvalue weighted by atomic mass is 10.1. The lowest BCUT2D eigenvalue weighted by Gasteiger charge is -2.20. The summed E-state index contributed by atoms with van der Waals surface area (Å²) in [5.41, 5.74) is 7.07. The Balaban J connectivity index is 1.79. The van der Waals surface area contributed by atoms with Crippen LogP contribution in [-0.2, 0) is 32.1 Å². The molecule has 0 radical (unpaired) electrons. The topological polar surface area (TPSA) is 117 Å². The summed E-state index contributed by atoms with van der Waals surface area (Å²) in [4.78, 5) is 35.9. The van der Waals surface area contributed by atoms with E-state index in [-0.39, 0.29) is 6.42 Å². The zero-order valence-corrected chi connectivity index (χ0v) is 18.8. The molecule has 0 spiro atoms. The van der Waals surface area contributed by atoms with Crippen molar-refractivity contribution in [2.75, 3.05) is 0 Å². The van der Waals surface area contributed by atoms with Crippen molar-refractivity contribution in [3.8, 4) is 5.75 Å². The van der Waals surface area contributed by atoms with Crippen LogP contribution in [0.4, 0.5) is 4.79 Å². The molecule has 0 saturated carbocycles. The second kappa shape index (κ2) is 11.3. The van der Waals surface area contributed by atoms with Crippen molar-refractivity contribution in [3.63, 3.8) is 0 Å². The fourth-order valence-corrected chi connectivity index (χ4v) is 2.63. The molecule has 0 aliphatic carbocycles. The maximum atomic E-state index is 12.3. The number of esters is 1. The number of ether oxygens (including phenoxy) is 3. The highest BCUT2D eigenvalue weighted by Gasteiger charge is 2.26. The standard InChI is InChI=1S/C24H30N2O6/c1-16(22(28)31-23(29)32-24(2,3)4)26-21(27)20(25)14-17-10-12-19(13-11-17)30-15-18-8-6-5-7-9-18/h5-13,16,20H,14-15,25H2,1-4H3,(H,26,27)/t16-,20+/m1/s1. The van der Waals surface area contributed by atoms with Gasteiger partial charge in [-0.3, -0.25) is 4.79 Å². The third-order valence-corrected chi connectivity index (χ3v) is 4.25. The van der Waals surface area contributed by atoms with Crippen molar-refractivity contribution in [2.24, 2.45) is 5.73 Å². The Bertz CT molecular complexity index is 906. The molecule has 2 rings (SSSR count). The summed E-state index contributed by atoms with van der Waals surface area (Å²) in [6, 6.07) is 15.1. The number of amides is 1. The van der Waals surface area contributed by atoms with Crippen molar-refractivity contribution in [1.29, 1.82) is 0 Å². The molecule has 0 unspecified atom stereocenters. The van der Waals surface area contributed by atoms with Crippen LogP contribution in [0.3, 0.4) is 0 Å². The Kier molecular flexibility index (Phi) is 8.78. The normalized spacial score (nSPS) is 12.9. The van der Waals surface area contributed by atoms with E-state index in [0.717, 1.165) is 11.1 Å². The minimum Gasteiger partial charge on any atom is -0.489 e. The van der Waals surface area contributed by atoms with E-state index in [4.69, 9.17) is 15.2 Å². The van der Waals surface area contributed by atoms with Crippen molar-refractivity contribution in [3.05, 3.63) is 65.7 Å². The highest BCUT2D eigenvalue weighted by atomic mass is 16.7. The smallest absolute Gasteiger partial charge is 0.489 e. The molecule has 0 aliphatic heterocycles. The maximum Gasteiger partial charge on any atom is 0.516 e. The molecular formula is C24H30N2O6. The summed E-state index contributed by atoms with van der Waals surface area (Å²) in [6.07, 6.45) is -0.860. The number of nitrogens with one attached hydrogen (secondary N) is 1. The van der Waals surface area contributed by atoms with Crippen LogP contribution < -0.4 is 15.8 Å². The fourth-order valence-electron chi connectivity index (χ4n) is 2.63. The molecule has 2 aromatic carbocycles. The molecule has 0 aromatic heterocycles. The lowest BCUT2D eigenvalue weighted by molar-refractivity contribution is -0.145. The largest absolute Gasteiger partial charge is 0.516 e. The van der Waals surface area contributed by atoms with E-state index in [9.17, 15) is 14.4 Å². The summed E-state index contributed by atoms with van der Waals surface area (Å²) < 4.78 is 15.2. The van der Waals surface area contributed by atoms with Gasteiger partial charge in [-0.2, -0.15) is 0 Å². The molecule has 1 amide bonds. The van der Waals surface area contributed by atoms with E-state index in [1.54, 1.807) is 20.8 Å². The van der Waals surface area contributed by atoms with Gasteiger partial charge in [-0.15, -0.1) is 0 Å². The molecule has 0 fully saturated rings. The van der Waals surface area contributed by atoms with Gasteiger partial charge in [0, 0.05) is 0 Å². The van der Waals surface area contributed by atoms with Crippen molar-refractivity contribution in [2.45, 2.75) is 58.4 Å². The first kappa shape index (κ1) is 24.9. The predicted octanol–water partition coefficient (Wildman–Crippen LogP) is 3.12. The van der Waals surface area contributed by atoms with Gasteiger partial charge in [-0.25, -0.2) is 9.59 Å². The van der Waals surface area contributed by atoms with E-state index in [2.05, 4.69) is 10.1 Å². The van der Waals surface area contributed by atoms with Gasteiger partial charge in [0.05, 0.1) is 6.04 Å². The van der Waals surface area contributed by atoms with Crippen molar-refractivity contribution >= 4 is 18.0 Å². The van der Waals surface area contributed by atoms with Gasteiger partial charge in [-0.05, 0) is 57.4 Å². The van der Waals surface area contributed by atoms with Gasteiger partial charge in [-0.1, -0.05) is 42.5 Å². The minimum absolute atomic E-state index is 0.263. The summed E-state index contributed by atoms with van der Waals surface area (Å²) >= 11 is 0. The van der Waals surface area contributed by atoms with Crippen LogP contribution in [0.25, 0.3) is 0 Å². The zero-order chi connectivity index (χ0) is 23.7. The van der Waals surface area contributed by atoms with Gasteiger partial charge in [0.25, 0.3) is 0 Å². The van der Waals surface area contributed by atoms with Crippen LogP contribution in [0.5, 0.6) is 5.75 Å². The van der Waals surface area contributed by atoms with Gasteiger partial charge in [0.2, 0.25) is 5.91 Å². The first-order valence-electron chi connectivity index (χ1n) is 10.3. The van der Waals surface area contributed by atoms with Gasteiger partial charge >= 0.3 is 12.1 Å². The van der Waals surface area contributed by atoms with Crippen molar-refractivity contribution < 1.29 is 28.6 Å². The summed E-state index contributed by atoms with van der Waals surface area (Å²) in [5.74, 6) is -0.767. The zero-order valence-electron chi connectivity index (χ0n) is 18.8. The minimum atomic E-state index is -1.12. The molecular weight excluding hydrogens is 412 g/mol. The van der Waals surface area contributed by atoms with E-state index < -0.39 is 35.7 Å². The average Bonchev–Trinajstić information content (AvgIpc) is 2.72. The second-order valence-electron chi connectivity index (χ2n) is 8.34. The fraction of sp³-hybridized carbons (Fsp3) is 0.375. The first-order chi connectivity index (χ1) is 15.0. The molecule has 0 bridgehead atoms. The summed E-state index contributed by atoms with van der Waals surface area (Å²) in [6.45, 7) is 6.79. The van der Waals surface area contributed by atoms with Gasteiger partial charge in [0.15, 0.2) is 0 Å². The number of nitrogens with two attached hydrogens (primary N) is 1. The monoisotopic (exact) mass is 442 g/mol. The van der Waals surface area contributed by atoms with Crippen LogP contribution in [-0.4, -0.2) is 35.7 Å². The second-order valence-corrected chi connectivity index (χ2v) is 8.34. The number of carbonyl (C=O) groups is 3. The van der Waals surface area contributed by atoms with Crippen LogP contribution in [0.1, 0.15) is 38.8 Å². The molecule has 2 atom stereocenters. The number of hydrogen-bond acceptors (Lipinski definition) is 7. The molecule has 8 heteroatoms. The number of rotatable bonds is 8. The van der Waals surface area contributed by atoms with Crippen LogP contribution >= 0.6 is 0 Å². The molecule has 8 nitrogen and oxygen atoms in total. The first-order valence-corrected chi connectivity index (χ1v) is 10.3. The molecule has 0 heterocycles. The quantitative estimate of drug-likeness (QED) is 0.476. The molecule has 3 N–H and O–H groups in total. The lowest BCUT2D eigenvalue weighted by Crippen LogP contribution is -2.48. The Morgan fingerprint density at radius 1 is 0.969 bits per heavy atom. The van der Waals surface area contributed by atoms with Crippen LogP contribution in [0.15, 0.2) is 54.6 Å². The maximum absolute atomic E-state index is 12.3. The average molecular weight is 443 g/mol. The molecule has 0 aliphatic rings. The van der Waals surface area contributed by atoms with Gasteiger partial charge in [0.1, 0.15) is 24.0 Å². The third-order valence-electron chi connectivity index (χ3n) is 4.25. The molecule has 172 valence electrons. The Morgan fingerprint density at radius 3 is 2.19 bits per heavy atom. The highest BCUT2D eigenvalue weighted by Crippen LogP contribution is 2.15. The van der Waals surface area contributed by atoms with E-state index in [0.29, 0.717) is 12.4 Å². The number of hydrogen-bond donors (Lipinski definition) is 2.